The zero-order valence-electron chi connectivity index (χ0n) is 16.2. The Morgan fingerprint density at radius 3 is 2.55 bits per heavy atom. The molecule has 2 amide bonds. The van der Waals surface area contributed by atoms with Crippen molar-refractivity contribution in [2.75, 3.05) is 11.9 Å². The number of halogens is 2. The first-order valence-electron chi connectivity index (χ1n) is 9.39. The van der Waals surface area contributed by atoms with Gasteiger partial charge in [0.25, 0.3) is 11.8 Å². The Hall–Kier alpha value is -3.03. The standard InChI is InChI=1S/C21H23F2N3O3/c1-13(14-5-7-17(8-6-14)29-12-21(2,22)23)25-20(28)16-9-10-24-18(11-16)26-19(27)15-3-4-15/h5-11,13,15H,3-4,12H2,1-2H3,(H,25,28)(H,24,26,27). The molecule has 2 N–H and O–H groups in total. The van der Waals surface area contributed by atoms with Crippen LogP contribution in [0.2, 0.25) is 0 Å². The van der Waals surface area contributed by atoms with Gasteiger partial charge in [-0.3, -0.25) is 9.59 Å². The van der Waals surface area contributed by atoms with E-state index in [4.69, 9.17) is 4.74 Å². The molecule has 0 bridgehead atoms. The molecule has 1 aromatic heterocycles. The average Bonchev–Trinajstić information content (AvgIpc) is 3.52. The van der Waals surface area contributed by atoms with Crippen molar-refractivity contribution in [2.24, 2.45) is 5.92 Å². The van der Waals surface area contributed by atoms with Crippen LogP contribution in [-0.2, 0) is 4.79 Å². The third-order valence-corrected chi connectivity index (χ3v) is 4.44. The number of pyridine rings is 1. The fourth-order valence-electron chi connectivity index (χ4n) is 2.64. The smallest absolute Gasteiger partial charge is 0.278 e. The summed E-state index contributed by atoms with van der Waals surface area (Å²) >= 11 is 0. The Labute approximate surface area is 167 Å². The van der Waals surface area contributed by atoms with Gasteiger partial charge in [0.2, 0.25) is 5.91 Å². The van der Waals surface area contributed by atoms with E-state index in [-0.39, 0.29) is 23.8 Å². The zero-order chi connectivity index (χ0) is 21.0. The van der Waals surface area contributed by atoms with E-state index in [0.29, 0.717) is 17.1 Å². The molecule has 1 heterocycles. The first-order chi connectivity index (χ1) is 13.7. The molecule has 154 valence electrons. The first-order valence-corrected chi connectivity index (χ1v) is 9.39. The second-order valence-corrected chi connectivity index (χ2v) is 7.32. The summed E-state index contributed by atoms with van der Waals surface area (Å²) in [5, 5.41) is 5.58. The number of rotatable bonds is 8. The summed E-state index contributed by atoms with van der Waals surface area (Å²) in [7, 11) is 0. The maximum Gasteiger partial charge on any atom is 0.278 e. The van der Waals surface area contributed by atoms with E-state index >= 15 is 0 Å². The predicted octanol–water partition coefficient (Wildman–Crippen LogP) is 3.96. The van der Waals surface area contributed by atoms with Crippen LogP contribution >= 0.6 is 0 Å². The van der Waals surface area contributed by atoms with Gasteiger partial charge in [-0.05, 0) is 49.6 Å². The lowest BCUT2D eigenvalue weighted by Gasteiger charge is -2.16. The highest BCUT2D eigenvalue weighted by molar-refractivity contribution is 5.97. The number of nitrogens with one attached hydrogen (secondary N) is 2. The van der Waals surface area contributed by atoms with Gasteiger partial charge in [-0.1, -0.05) is 12.1 Å². The van der Waals surface area contributed by atoms with Crippen molar-refractivity contribution in [2.45, 2.75) is 38.7 Å². The van der Waals surface area contributed by atoms with E-state index in [1.807, 2.05) is 6.92 Å². The number of nitrogens with zero attached hydrogens (tertiary/aromatic N) is 1. The summed E-state index contributed by atoms with van der Waals surface area (Å²) in [5.74, 6) is -2.57. The molecule has 2 aromatic rings. The molecule has 3 rings (SSSR count). The predicted molar refractivity (Wildman–Crippen MR) is 104 cm³/mol. The van der Waals surface area contributed by atoms with Crippen molar-refractivity contribution < 1.29 is 23.1 Å². The third kappa shape index (κ3) is 6.23. The van der Waals surface area contributed by atoms with Crippen molar-refractivity contribution in [1.29, 1.82) is 0 Å². The van der Waals surface area contributed by atoms with Crippen LogP contribution in [0.4, 0.5) is 14.6 Å². The number of carbonyl (C=O) groups excluding carboxylic acids is 2. The summed E-state index contributed by atoms with van der Waals surface area (Å²) in [6, 6.07) is 9.37. The van der Waals surface area contributed by atoms with Gasteiger partial charge in [0.15, 0.2) is 6.61 Å². The van der Waals surface area contributed by atoms with E-state index in [1.165, 1.54) is 12.3 Å². The molecule has 1 fully saturated rings. The van der Waals surface area contributed by atoms with Gasteiger partial charge in [0, 0.05) is 24.6 Å². The molecule has 1 aliphatic rings. The van der Waals surface area contributed by atoms with Gasteiger partial charge >= 0.3 is 0 Å². The number of benzene rings is 1. The van der Waals surface area contributed by atoms with Crippen molar-refractivity contribution in [1.82, 2.24) is 10.3 Å². The topological polar surface area (TPSA) is 80.3 Å². The Bertz CT molecular complexity index is 877. The van der Waals surface area contributed by atoms with E-state index in [1.54, 1.807) is 30.3 Å². The summed E-state index contributed by atoms with van der Waals surface area (Å²) in [6.07, 6.45) is 3.24. The SMILES string of the molecule is CC(NC(=O)c1ccnc(NC(=O)C2CC2)c1)c1ccc(OCC(C)(F)F)cc1. The molecule has 6 nitrogen and oxygen atoms in total. The second-order valence-electron chi connectivity index (χ2n) is 7.32. The van der Waals surface area contributed by atoms with Gasteiger partial charge in [0.05, 0.1) is 6.04 Å². The van der Waals surface area contributed by atoms with Crippen LogP contribution < -0.4 is 15.4 Å². The van der Waals surface area contributed by atoms with Gasteiger partial charge in [0.1, 0.15) is 11.6 Å². The average molecular weight is 403 g/mol. The number of hydrogen-bond acceptors (Lipinski definition) is 4. The van der Waals surface area contributed by atoms with Crippen LogP contribution in [0, 0.1) is 5.92 Å². The lowest BCUT2D eigenvalue weighted by atomic mass is 10.1. The Morgan fingerprint density at radius 1 is 1.24 bits per heavy atom. The van der Waals surface area contributed by atoms with Crippen LogP contribution in [0.5, 0.6) is 5.75 Å². The van der Waals surface area contributed by atoms with Crippen LogP contribution in [-0.4, -0.2) is 29.3 Å². The minimum absolute atomic E-state index is 0.0461. The number of carbonyl (C=O) groups is 2. The van der Waals surface area contributed by atoms with Crippen LogP contribution in [0.1, 0.15) is 48.7 Å². The van der Waals surface area contributed by atoms with Crippen molar-refractivity contribution in [3.8, 4) is 5.75 Å². The molecule has 1 atom stereocenters. The van der Waals surface area contributed by atoms with Crippen LogP contribution in [0.15, 0.2) is 42.6 Å². The Kier molecular flexibility index (Phi) is 6.10. The molecule has 1 aromatic carbocycles. The van der Waals surface area contributed by atoms with E-state index in [9.17, 15) is 18.4 Å². The fourth-order valence-corrected chi connectivity index (χ4v) is 2.64. The number of aromatic nitrogens is 1. The number of ether oxygens (including phenoxy) is 1. The third-order valence-electron chi connectivity index (χ3n) is 4.44. The Balaban J connectivity index is 1.57. The second kappa shape index (κ2) is 8.55. The number of hydrogen-bond donors (Lipinski definition) is 2. The van der Waals surface area contributed by atoms with Crippen molar-refractivity contribution in [3.05, 3.63) is 53.7 Å². The minimum Gasteiger partial charge on any atom is -0.487 e. The number of anilines is 1. The quantitative estimate of drug-likeness (QED) is 0.699. The fraction of sp³-hybridized carbons (Fsp3) is 0.381. The molecular formula is C21H23F2N3O3. The van der Waals surface area contributed by atoms with Gasteiger partial charge < -0.3 is 15.4 Å². The lowest BCUT2D eigenvalue weighted by Crippen LogP contribution is -2.27. The molecule has 1 aliphatic carbocycles. The molecule has 0 saturated heterocycles. The highest BCUT2D eigenvalue weighted by Crippen LogP contribution is 2.30. The zero-order valence-corrected chi connectivity index (χ0v) is 16.2. The normalized spacial score (nSPS) is 14.8. The summed E-state index contributed by atoms with van der Waals surface area (Å²) in [4.78, 5) is 28.5. The highest BCUT2D eigenvalue weighted by Gasteiger charge is 2.29. The van der Waals surface area contributed by atoms with Crippen molar-refractivity contribution in [3.63, 3.8) is 0 Å². The van der Waals surface area contributed by atoms with E-state index in [2.05, 4.69) is 15.6 Å². The molecule has 1 unspecified atom stereocenters. The number of amides is 2. The molecule has 29 heavy (non-hydrogen) atoms. The van der Waals surface area contributed by atoms with Crippen LogP contribution in [0.3, 0.4) is 0 Å². The highest BCUT2D eigenvalue weighted by atomic mass is 19.3. The number of alkyl halides is 2. The van der Waals surface area contributed by atoms with Gasteiger partial charge in [-0.25, -0.2) is 13.8 Å². The minimum atomic E-state index is -2.90. The summed E-state index contributed by atoms with van der Waals surface area (Å²) in [6.45, 7) is 1.91. The summed E-state index contributed by atoms with van der Waals surface area (Å²) < 4.78 is 30.8. The monoisotopic (exact) mass is 403 g/mol. The largest absolute Gasteiger partial charge is 0.487 e. The maximum atomic E-state index is 12.9. The first kappa shape index (κ1) is 20.7. The van der Waals surface area contributed by atoms with Crippen molar-refractivity contribution >= 4 is 17.6 Å². The molecule has 0 radical (unpaired) electrons. The van der Waals surface area contributed by atoms with Crippen LogP contribution in [0.25, 0.3) is 0 Å². The van der Waals surface area contributed by atoms with Gasteiger partial charge in [-0.2, -0.15) is 0 Å². The molecule has 8 heteroatoms. The lowest BCUT2D eigenvalue weighted by molar-refractivity contribution is -0.117. The molecular weight excluding hydrogens is 380 g/mol. The van der Waals surface area contributed by atoms with E-state index < -0.39 is 12.5 Å². The van der Waals surface area contributed by atoms with Gasteiger partial charge in [-0.15, -0.1) is 0 Å². The molecule has 0 spiro atoms. The van der Waals surface area contributed by atoms with E-state index in [0.717, 1.165) is 25.3 Å². The maximum absolute atomic E-state index is 12.9. The summed E-state index contributed by atoms with van der Waals surface area (Å²) in [5.41, 5.74) is 1.17. The Morgan fingerprint density at radius 2 is 1.93 bits per heavy atom. The molecule has 0 aliphatic heterocycles. The molecule has 1 saturated carbocycles.